The molecule has 0 saturated carbocycles. The third-order valence-corrected chi connectivity index (χ3v) is 14.4. The Bertz CT molecular complexity index is 4680. The molecule has 0 amide bonds. The van der Waals surface area contributed by atoms with Crippen LogP contribution in [0.15, 0.2) is 215 Å². The highest BCUT2D eigenvalue weighted by Crippen LogP contribution is 2.43. The summed E-state index contributed by atoms with van der Waals surface area (Å²) in [6, 6.07) is 72.0. The number of nitrogens with one attached hydrogen (secondary N) is 1. The maximum atomic E-state index is 6.82. The van der Waals surface area contributed by atoms with Gasteiger partial charge in [0.25, 0.3) is 0 Å². The zero-order chi connectivity index (χ0) is 46.0. The van der Waals surface area contributed by atoms with Crippen LogP contribution >= 0.6 is 11.6 Å². The summed E-state index contributed by atoms with van der Waals surface area (Å²) < 4.78 is 12.7. The minimum absolute atomic E-state index is 0.537. The van der Waals surface area contributed by atoms with E-state index in [0.717, 1.165) is 93.5 Å². The summed E-state index contributed by atoms with van der Waals surface area (Å²) >= 11 is 6.82. The lowest BCUT2D eigenvalue weighted by atomic mass is 9.94. The highest BCUT2D eigenvalue weighted by Gasteiger charge is 2.21. The van der Waals surface area contributed by atoms with Crippen molar-refractivity contribution >= 4 is 110 Å². The van der Waals surface area contributed by atoms with Crippen LogP contribution in [0.5, 0.6) is 0 Å². The third kappa shape index (κ3) is 6.03. The number of nitrogens with zero attached hydrogens (tertiary/aromatic N) is 3. The van der Waals surface area contributed by atoms with Gasteiger partial charge in [-0.3, -0.25) is 0 Å². The van der Waals surface area contributed by atoms with E-state index in [1.807, 2.05) is 66.7 Å². The first-order chi connectivity index (χ1) is 34.5. The first kappa shape index (κ1) is 38.9. The number of H-pyrrole nitrogens is 1. The van der Waals surface area contributed by atoms with Gasteiger partial charge in [-0.15, -0.1) is 0 Å². The van der Waals surface area contributed by atoms with E-state index < -0.39 is 0 Å². The van der Waals surface area contributed by atoms with Crippen molar-refractivity contribution in [3.05, 3.63) is 211 Å². The lowest BCUT2D eigenvalue weighted by Crippen LogP contribution is -2.00. The SMILES string of the molecule is Clc1cc2oc3cccc(-c4nc(-c5ccc(-c6cccc(-c7cccc8cc9c(cc78)[nH]c7cc8ccccc8cc79)c6)cc5)nc(-c5ccc6oc7ccccc7c6c5)n4)c3c2c2ccccc12. The van der Waals surface area contributed by atoms with Crippen molar-refractivity contribution < 1.29 is 8.83 Å². The minimum atomic E-state index is 0.537. The molecule has 0 atom stereocenters. The van der Waals surface area contributed by atoms with Crippen molar-refractivity contribution in [1.29, 1.82) is 0 Å². The van der Waals surface area contributed by atoms with Crippen LogP contribution in [0.2, 0.25) is 5.02 Å². The van der Waals surface area contributed by atoms with E-state index in [1.165, 1.54) is 37.9 Å². The number of aromatic nitrogens is 4. The average molecular weight is 915 g/mol. The van der Waals surface area contributed by atoms with E-state index in [4.69, 9.17) is 35.4 Å². The van der Waals surface area contributed by atoms with Crippen molar-refractivity contribution in [3.8, 4) is 56.4 Å². The van der Waals surface area contributed by atoms with E-state index in [9.17, 15) is 0 Å². The molecule has 0 aliphatic carbocycles. The number of fused-ring (bicyclic) bond motifs is 13. The van der Waals surface area contributed by atoms with E-state index in [-0.39, 0.29) is 0 Å². The summed E-state index contributed by atoms with van der Waals surface area (Å²) in [6.45, 7) is 0. The standard InChI is InChI=1S/C63H35ClN4O2/c64-52-34-58-59(46-17-4-3-15-44(46)52)60-47(19-9-21-57(60)70-58)63-67-61(66-62(68-63)42-26-27-56-51(31-42)45-16-5-6-20-55(45)69-56)36-24-22-35(23-25-36)37-12-7-13-40(28-37)43-18-8-14-41-30-50-49-29-38-10-1-2-11-39(38)32-53(49)65-54(50)33-48(41)43/h1-34,65H. The lowest BCUT2D eigenvalue weighted by molar-refractivity contribution is 0.668. The van der Waals surface area contributed by atoms with Gasteiger partial charge in [-0.25, -0.2) is 15.0 Å². The Morgan fingerprint density at radius 3 is 1.79 bits per heavy atom. The van der Waals surface area contributed by atoms with Crippen molar-refractivity contribution in [2.24, 2.45) is 0 Å². The molecule has 15 aromatic rings. The molecule has 0 aliphatic heterocycles. The number of hydrogen-bond donors (Lipinski definition) is 1. The average Bonchev–Trinajstić information content (AvgIpc) is 4.09. The molecule has 4 aromatic heterocycles. The first-order valence-corrected chi connectivity index (χ1v) is 23.7. The second-order valence-corrected chi connectivity index (χ2v) is 18.5. The van der Waals surface area contributed by atoms with Gasteiger partial charge in [0.05, 0.1) is 5.02 Å². The van der Waals surface area contributed by atoms with Crippen LogP contribution in [0.1, 0.15) is 0 Å². The van der Waals surface area contributed by atoms with Crippen molar-refractivity contribution in [3.63, 3.8) is 0 Å². The topological polar surface area (TPSA) is 80.7 Å². The molecule has 0 radical (unpaired) electrons. The number of rotatable bonds is 5. The Morgan fingerprint density at radius 1 is 0.314 bits per heavy atom. The van der Waals surface area contributed by atoms with Crippen molar-refractivity contribution in [1.82, 2.24) is 19.9 Å². The molecule has 15 rings (SSSR count). The minimum Gasteiger partial charge on any atom is -0.456 e. The fraction of sp³-hybridized carbons (Fsp3) is 0. The summed E-state index contributed by atoms with van der Waals surface area (Å²) in [7, 11) is 0. The van der Waals surface area contributed by atoms with E-state index in [0.29, 0.717) is 28.1 Å². The van der Waals surface area contributed by atoms with Crippen LogP contribution in [0, 0.1) is 0 Å². The van der Waals surface area contributed by atoms with Crippen molar-refractivity contribution in [2.45, 2.75) is 0 Å². The molecule has 1 N–H and O–H groups in total. The fourth-order valence-electron chi connectivity index (χ4n) is 10.7. The second kappa shape index (κ2) is 14.9. The van der Waals surface area contributed by atoms with Gasteiger partial charge in [0.2, 0.25) is 0 Å². The molecule has 0 unspecified atom stereocenters. The normalized spacial score (nSPS) is 12.1. The van der Waals surface area contributed by atoms with Crippen LogP contribution in [0.3, 0.4) is 0 Å². The number of para-hydroxylation sites is 1. The zero-order valence-electron chi connectivity index (χ0n) is 37.2. The molecule has 6 nitrogen and oxygen atoms in total. The van der Waals surface area contributed by atoms with E-state index in [2.05, 4.69) is 145 Å². The van der Waals surface area contributed by atoms with Gasteiger partial charge in [0, 0.05) is 71.5 Å². The number of hydrogen-bond acceptors (Lipinski definition) is 5. The molecular weight excluding hydrogens is 880 g/mol. The maximum Gasteiger partial charge on any atom is 0.164 e. The Hall–Kier alpha value is -9.10. The van der Waals surface area contributed by atoms with Gasteiger partial charge in [0.1, 0.15) is 22.3 Å². The van der Waals surface area contributed by atoms with Gasteiger partial charge < -0.3 is 13.8 Å². The summed E-state index contributed by atoms with van der Waals surface area (Å²) in [5.74, 6) is 1.65. The molecule has 7 heteroatoms. The summed E-state index contributed by atoms with van der Waals surface area (Å²) in [5, 5.41) is 13.9. The number of aromatic amines is 1. The molecular formula is C63H35ClN4O2. The number of halogens is 1. The Kier molecular flexibility index (Phi) is 8.32. The molecule has 0 bridgehead atoms. The van der Waals surface area contributed by atoms with E-state index >= 15 is 0 Å². The fourth-order valence-corrected chi connectivity index (χ4v) is 11.0. The Labute approximate surface area is 404 Å². The first-order valence-electron chi connectivity index (χ1n) is 23.3. The highest BCUT2D eigenvalue weighted by atomic mass is 35.5. The molecule has 0 spiro atoms. The molecule has 0 saturated heterocycles. The largest absolute Gasteiger partial charge is 0.456 e. The predicted octanol–water partition coefficient (Wildman–Crippen LogP) is 17.8. The van der Waals surface area contributed by atoms with Crippen LogP contribution in [0.4, 0.5) is 0 Å². The van der Waals surface area contributed by atoms with Crippen LogP contribution in [-0.2, 0) is 0 Å². The van der Waals surface area contributed by atoms with Gasteiger partial charge in [-0.1, -0.05) is 151 Å². The van der Waals surface area contributed by atoms with Gasteiger partial charge in [0.15, 0.2) is 17.5 Å². The number of benzene rings is 11. The quantitative estimate of drug-likeness (QED) is 0.186. The molecule has 326 valence electrons. The smallest absolute Gasteiger partial charge is 0.164 e. The van der Waals surface area contributed by atoms with Crippen LogP contribution < -0.4 is 0 Å². The summed E-state index contributed by atoms with van der Waals surface area (Å²) in [6.07, 6.45) is 0. The molecule has 70 heavy (non-hydrogen) atoms. The summed E-state index contributed by atoms with van der Waals surface area (Å²) in [5.41, 5.74) is 12.4. The maximum absolute atomic E-state index is 6.82. The third-order valence-electron chi connectivity index (χ3n) is 14.1. The monoisotopic (exact) mass is 914 g/mol. The Balaban J connectivity index is 0.850. The van der Waals surface area contributed by atoms with Crippen LogP contribution in [-0.4, -0.2) is 19.9 Å². The van der Waals surface area contributed by atoms with Gasteiger partial charge >= 0.3 is 0 Å². The highest BCUT2D eigenvalue weighted by molar-refractivity contribution is 6.38. The predicted molar refractivity (Wildman–Crippen MR) is 288 cm³/mol. The van der Waals surface area contributed by atoms with Gasteiger partial charge in [-0.2, -0.15) is 0 Å². The van der Waals surface area contributed by atoms with E-state index in [1.54, 1.807) is 0 Å². The van der Waals surface area contributed by atoms with Crippen molar-refractivity contribution in [2.75, 3.05) is 0 Å². The zero-order valence-corrected chi connectivity index (χ0v) is 37.9. The van der Waals surface area contributed by atoms with Gasteiger partial charge in [-0.05, 0) is 110 Å². The molecule has 0 aliphatic rings. The molecule has 4 heterocycles. The molecule has 0 fully saturated rings. The van der Waals surface area contributed by atoms with Crippen LogP contribution in [0.25, 0.3) is 154 Å². The second-order valence-electron chi connectivity index (χ2n) is 18.1. The Morgan fingerprint density at radius 2 is 0.914 bits per heavy atom. The number of furan rings is 2. The summed E-state index contributed by atoms with van der Waals surface area (Å²) in [4.78, 5) is 19.4. The molecule has 11 aromatic carbocycles. The lowest BCUT2D eigenvalue weighted by Gasteiger charge is -2.11.